The van der Waals surface area contributed by atoms with Crippen LogP contribution in [0.1, 0.15) is 22.8 Å². The van der Waals surface area contributed by atoms with Gasteiger partial charge in [0.1, 0.15) is 0 Å². The molecule has 0 bridgehead atoms. The lowest BCUT2D eigenvalue weighted by atomic mass is 10.1. The number of methoxy groups -OCH3 is 1. The van der Waals surface area contributed by atoms with E-state index in [0.717, 1.165) is 10.4 Å². The first-order chi connectivity index (χ1) is 6.56. The summed E-state index contributed by atoms with van der Waals surface area (Å²) in [5, 5.41) is 0. The number of thiocarbonyl (C=S) groups is 1. The van der Waals surface area contributed by atoms with E-state index < -0.39 is 0 Å². The van der Waals surface area contributed by atoms with Gasteiger partial charge in [-0.3, -0.25) is 0 Å². The van der Waals surface area contributed by atoms with E-state index >= 15 is 0 Å². The van der Waals surface area contributed by atoms with Crippen LogP contribution in [0.3, 0.4) is 0 Å². The molecule has 14 heavy (non-hydrogen) atoms. The third kappa shape index (κ3) is 2.39. The van der Waals surface area contributed by atoms with Crippen LogP contribution >= 0.6 is 28.1 Å². The van der Waals surface area contributed by atoms with E-state index in [1.807, 2.05) is 13.0 Å². The van der Waals surface area contributed by atoms with E-state index in [1.165, 1.54) is 7.11 Å². The molecule has 0 atom stereocenters. The number of esters is 1. The molecule has 1 rings (SSSR count). The highest BCUT2D eigenvalue weighted by Crippen LogP contribution is 2.19. The van der Waals surface area contributed by atoms with Crippen molar-refractivity contribution in [3.8, 4) is 0 Å². The predicted octanol–water partition coefficient (Wildman–Crippen LogP) is 2.97. The average molecular weight is 273 g/mol. The summed E-state index contributed by atoms with van der Waals surface area (Å²) in [5.41, 5.74) is 1.36. The maximum absolute atomic E-state index is 11.3. The molecule has 74 valence electrons. The van der Waals surface area contributed by atoms with Gasteiger partial charge in [0, 0.05) is 9.34 Å². The normalized spacial score (nSPS) is 9.64. The lowest BCUT2D eigenvalue weighted by molar-refractivity contribution is 0.0599. The maximum Gasteiger partial charge on any atom is 0.339 e. The van der Waals surface area contributed by atoms with Crippen molar-refractivity contribution >= 4 is 39.0 Å². The lowest BCUT2D eigenvalue weighted by Gasteiger charge is -2.04. The molecule has 0 saturated carbocycles. The summed E-state index contributed by atoms with van der Waals surface area (Å²) in [6.07, 6.45) is 0. The summed E-state index contributed by atoms with van der Waals surface area (Å²) in [5.74, 6) is -0.366. The summed E-state index contributed by atoms with van der Waals surface area (Å²) in [6, 6.07) is 5.37. The zero-order valence-electron chi connectivity index (χ0n) is 7.83. The van der Waals surface area contributed by atoms with Crippen molar-refractivity contribution in [2.45, 2.75) is 6.92 Å². The molecule has 0 heterocycles. The average Bonchev–Trinajstić information content (AvgIpc) is 2.17. The minimum Gasteiger partial charge on any atom is -0.465 e. The molecule has 0 saturated heterocycles. The monoisotopic (exact) mass is 272 g/mol. The molecule has 0 fully saturated rings. The minimum absolute atomic E-state index is 0.366. The Hall–Kier alpha value is -0.740. The molecule has 0 aromatic heterocycles. The third-order valence-corrected chi connectivity index (χ3v) is 2.71. The fourth-order valence-corrected chi connectivity index (χ4v) is 1.55. The molecular weight excluding hydrogens is 264 g/mol. The van der Waals surface area contributed by atoms with Gasteiger partial charge in [-0.1, -0.05) is 18.3 Å². The van der Waals surface area contributed by atoms with E-state index in [1.54, 1.807) is 12.1 Å². The van der Waals surface area contributed by atoms with Gasteiger partial charge in [-0.05, 0) is 40.5 Å². The Morgan fingerprint density at radius 2 is 2.14 bits per heavy atom. The fraction of sp³-hybridized carbons (Fsp3) is 0.200. The second-order valence-electron chi connectivity index (χ2n) is 2.74. The molecule has 2 nitrogen and oxygen atoms in total. The van der Waals surface area contributed by atoms with Gasteiger partial charge >= 0.3 is 5.97 Å². The van der Waals surface area contributed by atoms with Gasteiger partial charge in [0.05, 0.1) is 12.7 Å². The van der Waals surface area contributed by atoms with Gasteiger partial charge in [0.25, 0.3) is 0 Å². The van der Waals surface area contributed by atoms with Crippen molar-refractivity contribution in [2.75, 3.05) is 7.11 Å². The molecular formula is C10H9BrO2S. The summed E-state index contributed by atoms with van der Waals surface area (Å²) in [6.45, 7) is 1.82. The first-order valence-corrected chi connectivity index (χ1v) is 5.15. The summed E-state index contributed by atoms with van der Waals surface area (Å²) < 4.78 is 5.35. The quantitative estimate of drug-likeness (QED) is 0.471. The first-order valence-electron chi connectivity index (χ1n) is 3.95. The number of carbonyl (C=O) groups excluding carboxylic acids is 1. The van der Waals surface area contributed by atoms with E-state index in [2.05, 4.69) is 20.7 Å². The predicted molar refractivity (Wildman–Crippen MR) is 62.9 cm³/mol. The van der Waals surface area contributed by atoms with E-state index in [9.17, 15) is 4.79 Å². The molecule has 0 aliphatic rings. The molecule has 4 heteroatoms. The fourth-order valence-electron chi connectivity index (χ4n) is 1.01. The highest BCUT2D eigenvalue weighted by molar-refractivity contribution is 9.10. The largest absolute Gasteiger partial charge is 0.465 e. The van der Waals surface area contributed by atoms with Gasteiger partial charge in [-0.2, -0.15) is 0 Å². The van der Waals surface area contributed by atoms with Gasteiger partial charge in [0.15, 0.2) is 0 Å². The Kier molecular flexibility index (Phi) is 3.77. The van der Waals surface area contributed by atoms with Crippen LogP contribution in [0.5, 0.6) is 0 Å². The van der Waals surface area contributed by atoms with Gasteiger partial charge < -0.3 is 4.74 Å². The Morgan fingerprint density at radius 3 is 2.64 bits per heavy atom. The van der Waals surface area contributed by atoms with Crippen molar-refractivity contribution in [2.24, 2.45) is 0 Å². The molecule has 1 aromatic rings. The Balaban J connectivity index is 3.21. The first kappa shape index (κ1) is 11.3. The Morgan fingerprint density at radius 1 is 1.50 bits per heavy atom. The SMILES string of the molecule is COC(=O)c1cc(C(C)=S)ccc1Br. The third-order valence-electron chi connectivity index (χ3n) is 1.78. The van der Waals surface area contributed by atoms with Crippen LogP contribution in [0.4, 0.5) is 0 Å². The topological polar surface area (TPSA) is 26.3 Å². The van der Waals surface area contributed by atoms with Crippen LogP contribution < -0.4 is 0 Å². The minimum atomic E-state index is -0.366. The van der Waals surface area contributed by atoms with Crippen molar-refractivity contribution in [3.05, 3.63) is 33.8 Å². The van der Waals surface area contributed by atoms with Crippen molar-refractivity contribution in [1.82, 2.24) is 0 Å². The molecule has 0 aliphatic heterocycles. The Labute approximate surface area is 96.4 Å². The number of ether oxygens (including phenoxy) is 1. The van der Waals surface area contributed by atoms with Crippen LogP contribution in [0.15, 0.2) is 22.7 Å². The molecule has 0 amide bonds. The van der Waals surface area contributed by atoms with Gasteiger partial charge in [0.2, 0.25) is 0 Å². The molecule has 1 aromatic carbocycles. The summed E-state index contributed by atoms with van der Waals surface area (Å²) >= 11 is 8.30. The molecule has 0 spiro atoms. The molecule has 0 radical (unpaired) electrons. The van der Waals surface area contributed by atoms with Crippen LogP contribution in [-0.4, -0.2) is 17.9 Å². The Bertz CT molecular complexity index is 388. The number of rotatable bonds is 2. The van der Waals surface area contributed by atoms with Crippen LogP contribution in [0.2, 0.25) is 0 Å². The van der Waals surface area contributed by atoms with Gasteiger partial charge in [-0.25, -0.2) is 4.79 Å². The lowest BCUT2D eigenvalue weighted by Crippen LogP contribution is -2.04. The van der Waals surface area contributed by atoms with Crippen LogP contribution in [0, 0.1) is 0 Å². The highest BCUT2D eigenvalue weighted by atomic mass is 79.9. The zero-order chi connectivity index (χ0) is 10.7. The second-order valence-corrected chi connectivity index (χ2v) is 4.21. The number of carbonyl (C=O) groups is 1. The molecule has 0 aliphatic carbocycles. The number of hydrogen-bond acceptors (Lipinski definition) is 3. The zero-order valence-corrected chi connectivity index (χ0v) is 10.2. The number of halogens is 1. The van der Waals surface area contributed by atoms with Crippen molar-refractivity contribution < 1.29 is 9.53 Å². The van der Waals surface area contributed by atoms with Crippen LogP contribution in [0.25, 0.3) is 0 Å². The summed E-state index contributed by atoms with van der Waals surface area (Å²) in [7, 11) is 1.35. The molecule has 0 N–H and O–H groups in total. The molecule has 0 unspecified atom stereocenters. The van der Waals surface area contributed by atoms with E-state index in [-0.39, 0.29) is 5.97 Å². The van der Waals surface area contributed by atoms with E-state index in [4.69, 9.17) is 12.2 Å². The highest BCUT2D eigenvalue weighted by Gasteiger charge is 2.11. The van der Waals surface area contributed by atoms with E-state index in [0.29, 0.717) is 10.0 Å². The maximum atomic E-state index is 11.3. The van der Waals surface area contributed by atoms with Gasteiger partial charge in [-0.15, -0.1) is 0 Å². The second kappa shape index (κ2) is 4.66. The number of benzene rings is 1. The van der Waals surface area contributed by atoms with Crippen LogP contribution in [-0.2, 0) is 4.74 Å². The van der Waals surface area contributed by atoms with Crippen molar-refractivity contribution in [3.63, 3.8) is 0 Å². The van der Waals surface area contributed by atoms with Crippen molar-refractivity contribution in [1.29, 1.82) is 0 Å². The number of hydrogen-bond donors (Lipinski definition) is 0. The standard InChI is InChI=1S/C10H9BrO2S/c1-6(14)7-3-4-9(11)8(5-7)10(12)13-2/h3-5H,1-2H3. The summed E-state index contributed by atoms with van der Waals surface area (Å²) in [4.78, 5) is 12.1. The smallest absolute Gasteiger partial charge is 0.339 e.